The van der Waals surface area contributed by atoms with Crippen molar-refractivity contribution in [2.45, 2.75) is 39.0 Å². The van der Waals surface area contributed by atoms with Gasteiger partial charge in [-0.3, -0.25) is 0 Å². The van der Waals surface area contributed by atoms with Gasteiger partial charge in [-0.25, -0.2) is 8.78 Å². The quantitative estimate of drug-likeness (QED) is 0.823. The van der Waals surface area contributed by atoms with Crippen LogP contribution in [0.5, 0.6) is 0 Å². The van der Waals surface area contributed by atoms with E-state index in [4.69, 9.17) is 0 Å². The van der Waals surface area contributed by atoms with Crippen LogP contribution >= 0.6 is 0 Å². The maximum absolute atomic E-state index is 13.8. The monoisotopic (exact) mass is 267 g/mol. The van der Waals surface area contributed by atoms with E-state index in [2.05, 4.69) is 12.2 Å². The SMILES string of the molecule is CCNCC(Cc1cc(F)ccc1F)C1CCCC1. The third-order valence-corrected chi connectivity index (χ3v) is 4.21. The Bertz CT molecular complexity index is 400. The largest absolute Gasteiger partial charge is 0.317 e. The molecule has 2 rings (SSSR count). The number of halogens is 2. The second-order valence-corrected chi connectivity index (χ2v) is 5.55. The second kappa shape index (κ2) is 6.99. The van der Waals surface area contributed by atoms with Gasteiger partial charge in [-0.1, -0.05) is 32.6 Å². The van der Waals surface area contributed by atoms with E-state index in [0.29, 0.717) is 23.8 Å². The highest BCUT2D eigenvalue weighted by molar-refractivity contribution is 5.19. The van der Waals surface area contributed by atoms with E-state index in [1.807, 2.05) is 0 Å². The van der Waals surface area contributed by atoms with Crippen molar-refractivity contribution in [2.75, 3.05) is 13.1 Å². The Labute approximate surface area is 114 Å². The van der Waals surface area contributed by atoms with Gasteiger partial charge in [-0.2, -0.15) is 0 Å². The van der Waals surface area contributed by atoms with Crippen molar-refractivity contribution in [3.05, 3.63) is 35.4 Å². The molecule has 1 aromatic rings. The molecule has 3 heteroatoms. The summed E-state index contributed by atoms with van der Waals surface area (Å²) in [5.41, 5.74) is 0.523. The fourth-order valence-corrected chi connectivity index (χ4v) is 3.15. The highest BCUT2D eigenvalue weighted by atomic mass is 19.1. The highest BCUT2D eigenvalue weighted by Crippen LogP contribution is 2.33. The summed E-state index contributed by atoms with van der Waals surface area (Å²) in [4.78, 5) is 0. The van der Waals surface area contributed by atoms with Gasteiger partial charge in [-0.15, -0.1) is 0 Å². The second-order valence-electron chi connectivity index (χ2n) is 5.55. The number of rotatable bonds is 6. The summed E-state index contributed by atoms with van der Waals surface area (Å²) in [6, 6.07) is 3.78. The summed E-state index contributed by atoms with van der Waals surface area (Å²) in [7, 11) is 0. The van der Waals surface area contributed by atoms with Crippen LogP contribution in [0.2, 0.25) is 0 Å². The fourth-order valence-electron chi connectivity index (χ4n) is 3.15. The molecule has 1 N–H and O–H groups in total. The predicted octanol–water partition coefficient (Wildman–Crippen LogP) is 3.92. The zero-order chi connectivity index (χ0) is 13.7. The molecule has 0 radical (unpaired) electrons. The molecule has 1 aromatic carbocycles. The van der Waals surface area contributed by atoms with Crippen LogP contribution in [0.25, 0.3) is 0 Å². The maximum Gasteiger partial charge on any atom is 0.126 e. The summed E-state index contributed by atoms with van der Waals surface area (Å²) in [6.45, 7) is 3.90. The number of nitrogens with one attached hydrogen (secondary N) is 1. The van der Waals surface area contributed by atoms with Crippen LogP contribution < -0.4 is 5.32 Å². The van der Waals surface area contributed by atoms with Crippen molar-refractivity contribution < 1.29 is 8.78 Å². The molecule has 1 fully saturated rings. The molecule has 1 unspecified atom stereocenters. The smallest absolute Gasteiger partial charge is 0.126 e. The highest BCUT2D eigenvalue weighted by Gasteiger charge is 2.25. The summed E-state index contributed by atoms with van der Waals surface area (Å²) in [5.74, 6) is 0.450. The lowest BCUT2D eigenvalue weighted by molar-refractivity contribution is 0.320. The molecule has 106 valence electrons. The van der Waals surface area contributed by atoms with Crippen molar-refractivity contribution in [3.63, 3.8) is 0 Å². The van der Waals surface area contributed by atoms with Crippen molar-refractivity contribution in [1.82, 2.24) is 5.32 Å². The zero-order valence-electron chi connectivity index (χ0n) is 11.6. The summed E-state index contributed by atoms with van der Waals surface area (Å²) >= 11 is 0. The molecule has 0 aromatic heterocycles. The van der Waals surface area contributed by atoms with Crippen LogP contribution in [-0.2, 0) is 6.42 Å². The van der Waals surface area contributed by atoms with Gasteiger partial charge in [0, 0.05) is 0 Å². The van der Waals surface area contributed by atoms with E-state index in [1.54, 1.807) is 0 Å². The van der Waals surface area contributed by atoms with Crippen molar-refractivity contribution in [1.29, 1.82) is 0 Å². The number of hydrogen-bond donors (Lipinski definition) is 1. The fraction of sp³-hybridized carbons (Fsp3) is 0.625. The van der Waals surface area contributed by atoms with Gasteiger partial charge in [0.25, 0.3) is 0 Å². The van der Waals surface area contributed by atoms with Gasteiger partial charge < -0.3 is 5.32 Å². The van der Waals surface area contributed by atoms with Crippen LogP contribution in [0.15, 0.2) is 18.2 Å². The Kier molecular flexibility index (Phi) is 5.32. The normalized spacial score (nSPS) is 17.8. The number of hydrogen-bond acceptors (Lipinski definition) is 1. The van der Waals surface area contributed by atoms with E-state index in [1.165, 1.54) is 43.9 Å². The summed E-state index contributed by atoms with van der Waals surface area (Å²) in [5, 5.41) is 3.36. The minimum Gasteiger partial charge on any atom is -0.317 e. The van der Waals surface area contributed by atoms with Gasteiger partial charge in [0.15, 0.2) is 0 Å². The van der Waals surface area contributed by atoms with E-state index >= 15 is 0 Å². The van der Waals surface area contributed by atoms with Crippen molar-refractivity contribution >= 4 is 0 Å². The topological polar surface area (TPSA) is 12.0 Å². The third-order valence-electron chi connectivity index (χ3n) is 4.21. The first-order valence-electron chi connectivity index (χ1n) is 7.35. The van der Waals surface area contributed by atoms with Gasteiger partial charge in [-0.05, 0) is 55.1 Å². The van der Waals surface area contributed by atoms with Crippen LogP contribution in [-0.4, -0.2) is 13.1 Å². The molecule has 0 bridgehead atoms. The lowest BCUT2D eigenvalue weighted by atomic mass is 9.85. The Morgan fingerprint density at radius 1 is 1.26 bits per heavy atom. The first-order valence-corrected chi connectivity index (χ1v) is 7.35. The zero-order valence-corrected chi connectivity index (χ0v) is 11.6. The van der Waals surface area contributed by atoms with Crippen molar-refractivity contribution in [2.24, 2.45) is 11.8 Å². The molecule has 1 saturated carbocycles. The Hall–Kier alpha value is -0.960. The molecule has 0 amide bonds. The molecule has 0 aliphatic heterocycles. The molecule has 0 saturated heterocycles. The van der Waals surface area contributed by atoms with E-state index in [9.17, 15) is 8.78 Å². The first kappa shape index (κ1) is 14.4. The lowest BCUT2D eigenvalue weighted by Gasteiger charge is -2.24. The van der Waals surface area contributed by atoms with E-state index in [0.717, 1.165) is 13.1 Å². The van der Waals surface area contributed by atoms with Gasteiger partial charge in [0.1, 0.15) is 11.6 Å². The minimum absolute atomic E-state index is 0.277. The average Bonchev–Trinajstić information content (AvgIpc) is 2.92. The Morgan fingerprint density at radius 2 is 2.00 bits per heavy atom. The lowest BCUT2D eigenvalue weighted by Crippen LogP contribution is -2.29. The summed E-state index contributed by atoms with van der Waals surface area (Å²) in [6.07, 6.45) is 5.65. The van der Waals surface area contributed by atoms with Crippen LogP contribution in [0.1, 0.15) is 38.2 Å². The molecular weight excluding hydrogens is 244 g/mol. The molecule has 1 nitrogen and oxygen atoms in total. The first-order chi connectivity index (χ1) is 9.20. The molecule has 1 aliphatic carbocycles. The van der Waals surface area contributed by atoms with Crippen molar-refractivity contribution in [3.8, 4) is 0 Å². The standard InChI is InChI=1S/C16H23F2N/c1-2-19-11-14(12-5-3-4-6-12)9-13-10-15(17)7-8-16(13)18/h7-8,10,12,14,19H,2-6,9,11H2,1H3. The molecule has 0 spiro atoms. The average molecular weight is 267 g/mol. The van der Waals surface area contributed by atoms with Crippen LogP contribution in [0.4, 0.5) is 8.78 Å². The van der Waals surface area contributed by atoms with E-state index in [-0.39, 0.29) is 11.6 Å². The van der Waals surface area contributed by atoms with Crippen LogP contribution in [0.3, 0.4) is 0 Å². The van der Waals surface area contributed by atoms with Gasteiger partial charge >= 0.3 is 0 Å². The Balaban J connectivity index is 2.07. The van der Waals surface area contributed by atoms with Gasteiger partial charge in [0.2, 0.25) is 0 Å². The van der Waals surface area contributed by atoms with Crippen LogP contribution in [0, 0.1) is 23.5 Å². The van der Waals surface area contributed by atoms with E-state index < -0.39 is 0 Å². The number of benzene rings is 1. The molecule has 19 heavy (non-hydrogen) atoms. The third kappa shape index (κ3) is 4.00. The molecule has 1 aliphatic rings. The predicted molar refractivity (Wildman–Crippen MR) is 74.1 cm³/mol. The molecular formula is C16H23F2N. The maximum atomic E-state index is 13.8. The van der Waals surface area contributed by atoms with Gasteiger partial charge in [0.05, 0.1) is 0 Å². The molecule has 0 heterocycles. The summed E-state index contributed by atoms with van der Waals surface area (Å²) < 4.78 is 27.0. The molecule has 1 atom stereocenters. The minimum atomic E-state index is -0.343. The Morgan fingerprint density at radius 3 is 2.68 bits per heavy atom.